The number of rotatable bonds is 7. The Kier molecular flexibility index (Phi) is 10.6. The predicted octanol–water partition coefficient (Wildman–Crippen LogP) is 8.69. The van der Waals surface area contributed by atoms with Crippen molar-refractivity contribution in [2.75, 3.05) is 0 Å². The number of thioether (sulfide) groups is 2. The van der Waals surface area contributed by atoms with E-state index in [0.717, 1.165) is 17.5 Å². The molecule has 0 amide bonds. The maximum atomic E-state index is 12.2. The molecule has 4 rings (SSSR count). The summed E-state index contributed by atoms with van der Waals surface area (Å²) >= 11 is 2.78. The molecule has 0 spiro atoms. The van der Waals surface area contributed by atoms with Crippen molar-refractivity contribution in [1.29, 1.82) is 0 Å². The quantitative estimate of drug-likeness (QED) is 0.248. The fraction of sp³-hybridized carbons (Fsp3) is 0.188. The Hall–Kier alpha value is -3.08. The van der Waals surface area contributed by atoms with Crippen molar-refractivity contribution in [3.8, 4) is 0 Å². The summed E-state index contributed by atoms with van der Waals surface area (Å²) in [5.74, 6) is 0. The Labute approximate surface area is 223 Å². The van der Waals surface area contributed by atoms with Crippen molar-refractivity contribution in [2.45, 2.75) is 37.2 Å². The summed E-state index contributed by atoms with van der Waals surface area (Å²) < 4.78 is -0.214. The number of hydrogen-bond donors (Lipinski definition) is 0. The summed E-state index contributed by atoms with van der Waals surface area (Å²) in [7, 11) is 0. The van der Waals surface area contributed by atoms with Crippen LogP contribution in [0.15, 0.2) is 121 Å². The minimum atomic E-state index is -0.214. The highest BCUT2D eigenvalue weighted by atomic mass is 32.2. The third kappa shape index (κ3) is 8.85. The Balaban J connectivity index is 0.000000201. The van der Waals surface area contributed by atoms with Crippen molar-refractivity contribution >= 4 is 33.8 Å². The minimum absolute atomic E-state index is 0.115. The van der Waals surface area contributed by atoms with Crippen LogP contribution in [0.3, 0.4) is 0 Å². The second-order valence-electron chi connectivity index (χ2n) is 8.90. The van der Waals surface area contributed by atoms with E-state index in [1.54, 1.807) is 0 Å². The van der Waals surface area contributed by atoms with Gasteiger partial charge in [0.25, 0.3) is 0 Å². The third-order valence-electron chi connectivity index (χ3n) is 5.51. The average molecular weight is 513 g/mol. The molecular weight excluding hydrogens is 480 g/mol. The van der Waals surface area contributed by atoms with Crippen LogP contribution in [0.4, 0.5) is 0 Å². The highest BCUT2D eigenvalue weighted by molar-refractivity contribution is 8.15. The summed E-state index contributed by atoms with van der Waals surface area (Å²) in [5, 5.41) is 0.559. The average Bonchev–Trinajstić information content (AvgIpc) is 2.91. The van der Waals surface area contributed by atoms with Crippen LogP contribution < -0.4 is 0 Å². The van der Waals surface area contributed by atoms with Crippen molar-refractivity contribution < 1.29 is 9.59 Å². The lowest BCUT2D eigenvalue weighted by atomic mass is 10.0. The molecule has 0 radical (unpaired) electrons. The molecule has 0 saturated heterocycles. The predicted molar refractivity (Wildman–Crippen MR) is 156 cm³/mol. The van der Waals surface area contributed by atoms with Gasteiger partial charge in [0.1, 0.15) is 0 Å². The molecule has 0 aromatic heterocycles. The molecule has 0 N–H and O–H groups in total. The summed E-state index contributed by atoms with van der Waals surface area (Å²) in [6, 6.07) is 39.3. The van der Waals surface area contributed by atoms with Crippen LogP contribution in [0.1, 0.15) is 52.6 Å². The lowest BCUT2D eigenvalue weighted by molar-refractivity contribution is 0.108. The van der Waals surface area contributed by atoms with Crippen molar-refractivity contribution in [3.05, 3.63) is 144 Å². The van der Waals surface area contributed by atoms with E-state index in [-0.39, 0.29) is 15.0 Å². The largest absolute Gasteiger partial charge is 0.282 e. The number of benzene rings is 4. The molecule has 36 heavy (non-hydrogen) atoms. The number of hydrogen-bond acceptors (Lipinski definition) is 4. The SMILES string of the molecule is CC(C)(SC(=O)c1ccccc1)c1ccccc1.CC(Cc1ccccc1)SC(=O)c1ccccc1. The molecule has 0 fully saturated rings. The van der Waals surface area contributed by atoms with Gasteiger partial charge in [-0.3, -0.25) is 9.59 Å². The van der Waals surface area contributed by atoms with Crippen LogP contribution in [0, 0.1) is 0 Å². The molecule has 2 nitrogen and oxygen atoms in total. The van der Waals surface area contributed by atoms with Gasteiger partial charge in [-0.25, -0.2) is 0 Å². The first-order valence-corrected chi connectivity index (χ1v) is 13.7. The molecule has 0 saturated carbocycles. The molecule has 1 atom stereocenters. The van der Waals surface area contributed by atoms with E-state index in [0.29, 0.717) is 5.25 Å². The van der Waals surface area contributed by atoms with Gasteiger partial charge >= 0.3 is 0 Å². The Morgan fingerprint density at radius 1 is 0.639 bits per heavy atom. The number of carbonyl (C=O) groups is 2. The van der Waals surface area contributed by atoms with Crippen molar-refractivity contribution in [1.82, 2.24) is 0 Å². The van der Waals surface area contributed by atoms with Gasteiger partial charge in [-0.15, -0.1) is 0 Å². The highest BCUT2D eigenvalue weighted by Gasteiger charge is 2.25. The molecule has 0 aliphatic rings. The summed E-state index contributed by atoms with van der Waals surface area (Å²) in [6.07, 6.45) is 0.921. The van der Waals surface area contributed by atoms with Crippen LogP contribution in [0.2, 0.25) is 0 Å². The summed E-state index contributed by atoms with van der Waals surface area (Å²) in [5.41, 5.74) is 3.98. The lowest BCUT2D eigenvalue weighted by Gasteiger charge is -2.23. The van der Waals surface area contributed by atoms with E-state index in [1.165, 1.54) is 34.7 Å². The van der Waals surface area contributed by atoms with Gasteiger partial charge in [-0.1, -0.05) is 152 Å². The Bertz CT molecular complexity index is 1210. The smallest absolute Gasteiger partial charge is 0.220 e. The van der Waals surface area contributed by atoms with Crippen molar-refractivity contribution in [2.24, 2.45) is 0 Å². The van der Waals surface area contributed by atoms with Gasteiger partial charge < -0.3 is 0 Å². The first-order valence-electron chi connectivity index (χ1n) is 12.0. The topological polar surface area (TPSA) is 34.1 Å². The second kappa shape index (κ2) is 13.9. The molecule has 0 bridgehead atoms. The molecule has 184 valence electrons. The van der Waals surface area contributed by atoms with Crippen LogP contribution >= 0.6 is 23.5 Å². The van der Waals surface area contributed by atoms with E-state index >= 15 is 0 Å². The Morgan fingerprint density at radius 3 is 1.56 bits per heavy atom. The lowest BCUT2D eigenvalue weighted by Crippen LogP contribution is -2.15. The standard InChI is InChI=1S/2C16H16OS/c1-16(2,14-11-7-4-8-12-14)18-15(17)13-9-5-3-6-10-13;1-13(12-14-8-4-2-5-9-14)18-16(17)15-10-6-3-7-11-15/h3-12H,1-2H3;2-11,13H,12H2,1H3. The number of carbonyl (C=O) groups excluding carboxylic acids is 2. The molecule has 4 aromatic carbocycles. The maximum Gasteiger partial charge on any atom is 0.220 e. The zero-order valence-electron chi connectivity index (χ0n) is 21.0. The first-order chi connectivity index (χ1) is 17.3. The highest BCUT2D eigenvalue weighted by Crippen LogP contribution is 2.37. The zero-order chi connectivity index (χ0) is 25.8. The molecular formula is C32H32O2S2. The van der Waals surface area contributed by atoms with E-state index in [1.807, 2.05) is 97.1 Å². The van der Waals surface area contributed by atoms with E-state index in [9.17, 15) is 9.59 Å². The zero-order valence-corrected chi connectivity index (χ0v) is 22.6. The van der Waals surface area contributed by atoms with Crippen LogP contribution in [-0.4, -0.2) is 15.5 Å². The monoisotopic (exact) mass is 512 g/mol. The minimum Gasteiger partial charge on any atom is -0.282 e. The first kappa shape index (κ1) is 27.5. The fourth-order valence-electron chi connectivity index (χ4n) is 3.58. The molecule has 4 aromatic rings. The second-order valence-corrected chi connectivity index (χ2v) is 11.9. The molecule has 0 aliphatic carbocycles. The summed E-state index contributed by atoms with van der Waals surface area (Å²) in [4.78, 5) is 24.2. The van der Waals surface area contributed by atoms with Gasteiger partial charge in [-0.2, -0.15) is 0 Å². The van der Waals surface area contributed by atoms with E-state index in [2.05, 4.69) is 45.0 Å². The normalized spacial score (nSPS) is 11.6. The molecule has 4 heteroatoms. The van der Waals surface area contributed by atoms with Crippen LogP contribution in [-0.2, 0) is 11.2 Å². The van der Waals surface area contributed by atoms with E-state index < -0.39 is 0 Å². The van der Waals surface area contributed by atoms with Gasteiger partial charge in [0.2, 0.25) is 10.2 Å². The van der Waals surface area contributed by atoms with Gasteiger partial charge in [-0.05, 0) is 31.4 Å². The van der Waals surface area contributed by atoms with Crippen molar-refractivity contribution in [3.63, 3.8) is 0 Å². The maximum absolute atomic E-state index is 12.2. The van der Waals surface area contributed by atoms with Gasteiger partial charge in [0.15, 0.2) is 0 Å². The molecule has 0 aliphatic heterocycles. The summed E-state index contributed by atoms with van der Waals surface area (Å²) in [6.45, 7) is 6.25. The fourth-order valence-corrected chi connectivity index (χ4v) is 5.46. The van der Waals surface area contributed by atoms with E-state index in [4.69, 9.17) is 0 Å². The van der Waals surface area contributed by atoms with Gasteiger partial charge in [0.05, 0.1) is 0 Å². The van der Waals surface area contributed by atoms with Crippen LogP contribution in [0.5, 0.6) is 0 Å². The Morgan fingerprint density at radius 2 is 1.06 bits per heavy atom. The molecule has 0 heterocycles. The molecule has 1 unspecified atom stereocenters. The van der Waals surface area contributed by atoms with Gasteiger partial charge in [0, 0.05) is 21.1 Å². The van der Waals surface area contributed by atoms with Crippen LogP contribution in [0.25, 0.3) is 0 Å². The third-order valence-corrected chi connectivity index (χ3v) is 7.70.